The van der Waals surface area contributed by atoms with Crippen molar-refractivity contribution in [1.29, 1.82) is 0 Å². The number of aryl methyl sites for hydroxylation is 2. The van der Waals surface area contributed by atoms with Crippen LogP contribution in [0.15, 0.2) is 48.5 Å². The van der Waals surface area contributed by atoms with Gasteiger partial charge in [0.15, 0.2) is 0 Å². The average Bonchev–Trinajstić information content (AvgIpc) is 3.00. The molecule has 1 fully saturated rings. The van der Waals surface area contributed by atoms with Gasteiger partial charge in [-0.25, -0.2) is 0 Å². The van der Waals surface area contributed by atoms with Gasteiger partial charge in [0.2, 0.25) is 5.91 Å². The molecular formula is C19H22N2O2. The van der Waals surface area contributed by atoms with Crippen molar-refractivity contribution in [2.45, 2.75) is 26.4 Å². The molecule has 4 heteroatoms. The van der Waals surface area contributed by atoms with E-state index in [9.17, 15) is 4.79 Å². The molecule has 1 amide bonds. The molecule has 0 saturated carbocycles. The second kappa shape index (κ2) is 6.94. The highest BCUT2D eigenvalue weighted by Crippen LogP contribution is 2.21. The highest BCUT2D eigenvalue weighted by atomic mass is 16.5. The fraction of sp³-hybridized carbons (Fsp3) is 0.316. The maximum absolute atomic E-state index is 12.7. The van der Waals surface area contributed by atoms with Gasteiger partial charge in [-0.2, -0.15) is 0 Å². The van der Waals surface area contributed by atoms with Gasteiger partial charge in [0, 0.05) is 12.2 Å². The minimum Gasteiger partial charge on any atom is -0.364 e. The largest absolute Gasteiger partial charge is 0.364 e. The van der Waals surface area contributed by atoms with Crippen molar-refractivity contribution >= 4 is 11.6 Å². The third kappa shape index (κ3) is 3.60. The normalized spacial score (nSPS) is 18.1. The van der Waals surface area contributed by atoms with E-state index in [1.165, 1.54) is 5.56 Å². The van der Waals surface area contributed by atoms with E-state index in [2.05, 4.69) is 22.3 Å². The summed E-state index contributed by atoms with van der Waals surface area (Å²) >= 11 is 0. The van der Waals surface area contributed by atoms with Gasteiger partial charge in [-0.3, -0.25) is 9.69 Å². The number of anilines is 1. The van der Waals surface area contributed by atoms with E-state index >= 15 is 0 Å². The number of carbonyl (C=O) groups excluding carboxylic acids is 1. The van der Waals surface area contributed by atoms with Crippen molar-refractivity contribution < 1.29 is 9.53 Å². The van der Waals surface area contributed by atoms with E-state index in [0.29, 0.717) is 19.9 Å². The molecule has 0 bridgehead atoms. The van der Waals surface area contributed by atoms with E-state index in [1.807, 2.05) is 50.2 Å². The quantitative estimate of drug-likeness (QED) is 0.943. The molecule has 3 rings (SSSR count). The first-order chi connectivity index (χ1) is 11.1. The summed E-state index contributed by atoms with van der Waals surface area (Å²) < 4.78 is 5.53. The summed E-state index contributed by atoms with van der Waals surface area (Å²) in [5, 5.41) is 3.08. The number of carbonyl (C=O) groups is 1. The lowest BCUT2D eigenvalue weighted by atomic mass is 10.1. The fourth-order valence-corrected chi connectivity index (χ4v) is 2.91. The van der Waals surface area contributed by atoms with Crippen molar-refractivity contribution in [2.24, 2.45) is 0 Å². The van der Waals surface area contributed by atoms with E-state index in [-0.39, 0.29) is 11.9 Å². The molecule has 0 spiro atoms. The topological polar surface area (TPSA) is 41.6 Å². The minimum atomic E-state index is -0.255. The Bertz CT molecular complexity index is 665. The zero-order valence-corrected chi connectivity index (χ0v) is 13.6. The van der Waals surface area contributed by atoms with Crippen LogP contribution in [0.2, 0.25) is 0 Å². The maximum Gasteiger partial charge on any atom is 0.244 e. The van der Waals surface area contributed by atoms with Crippen LogP contribution < -0.4 is 5.32 Å². The Morgan fingerprint density at radius 1 is 1.13 bits per heavy atom. The summed E-state index contributed by atoms with van der Waals surface area (Å²) in [5.41, 5.74) is 4.24. The van der Waals surface area contributed by atoms with Crippen molar-refractivity contribution in [2.75, 3.05) is 18.7 Å². The number of hydrogen-bond donors (Lipinski definition) is 1. The molecule has 2 aromatic carbocycles. The lowest BCUT2D eigenvalue weighted by Gasteiger charge is -2.22. The second-order valence-corrected chi connectivity index (χ2v) is 6.00. The molecule has 0 unspecified atom stereocenters. The highest BCUT2D eigenvalue weighted by Gasteiger charge is 2.31. The maximum atomic E-state index is 12.7. The Morgan fingerprint density at radius 2 is 1.83 bits per heavy atom. The van der Waals surface area contributed by atoms with Crippen LogP contribution in [0.1, 0.15) is 16.7 Å². The first-order valence-electron chi connectivity index (χ1n) is 7.88. The molecule has 0 aromatic heterocycles. The van der Waals surface area contributed by atoms with Gasteiger partial charge in [-0.15, -0.1) is 0 Å². The number of nitrogens with one attached hydrogen (secondary N) is 1. The number of para-hydroxylation sites is 1. The van der Waals surface area contributed by atoms with Gasteiger partial charge in [0.05, 0.1) is 6.61 Å². The molecular weight excluding hydrogens is 288 g/mol. The van der Waals surface area contributed by atoms with Gasteiger partial charge in [0.25, 0.3) is 0 Å². The Morgan fingerprint density at radius 3 is 2.52 bits per heavy atom. The molecule has 4 nitrogen and oxygen atoms in total. The van der Waals surface area contributed by atoms with E-state index in [4.69, 9.17) is 4.74 Å². The molecule has 23 heavy (non-hydrogen) atoms. The monoisotopic (exact) mass is 310 g/mol. The first kappa shape index (κ1) is 15.7. The predicted octanol–water partition coefficient (Wildman–Crippen LogP) is 3.10. The molecule has 1 aliphatic heterocycles. The summed E-state index contributed by atoms with van der Waals surface area (Å²) in [6.07, 6.45) is 0. The molecule has 0 aliphatic carbocycles. The average molecular weight is 310 g/mol. The number of hydrogen-bond acceptors (Lipinski definition) is 3. The zero-order valence-electron chi connectivity index (χ0n) is 13.6. The number of ether oxygens (including phenoxy) is 1. The summed E-state index contributed by atoms with van der Waals surface area (Å²) in [5.74, 6) is -0.00386. The van der Waals surface area contributed by atoms with Crippen LogP contribution >= 0.6 is 0 Å². The molecule has 1 aliphatic rings. The SMILES string of the molecule is Cc1cccc(C)c1NC(=O)[C@@H]1COCN1Cc1ccccc1. The standard InChI is InChI=1S/C19H22N2O2/c1-14-7-6-8-15(2)18(14)20-19(22)17-12-23-13-21(17)11-16-9-4-3-5-10-16/h3-10,17H,11-13H2,1-2H3,(H,20,22)/t17-/m0/s1. The fourth-order valence-electron chi connectivity index (χ4n) is 2.91. The van der Waals surface area contributed by atoms with Crippen LogP contribution in [0.3, 0.4) is 0 Å². The molecule has 2 aromatic rings. The predicted molar refractivity (Wildman–Crippen MR) is 91.1 cm³/mol. The van der Waals surface area contributed by atoms with Crippen molar-refractivity contribution in [3.63, 3.8) is 0 Å². The summed E-state index contributed by atoms with van der Waals surface area (Å²) in [6.45, 7) is 5.65. The van der Waals surface area contributed by atoms with Gasteiger partial charge < -0.3 is 10.1 Å². The molecule has 1 atom stereocenters. The number of amides is 1. The summed E-state index contributed by atoms with van der Waals surface area (Å²) in [6, 6.07) is 15.9. The van der Waals surface area contributed by atoms with Crippen LogP contribution in [0.4, 0.5) is 5.69 Å². The smallest absolute Gasteiger partial charge is 0.244 e. The summed E-state index contributed by atoms with van der Waals surface area (Å²) in [4.78, 5) is 14.8. The van der Waals surface area contributed by atoms with Gasteiger partial charge in [-0.05, 0) is 30.5 Å². The first-order valence-corrected chi connectivity index (χ1v) is 7.88. The van der Waals surface area contributed by atoms with Gasteiger partial charge in [0.1, 0.15) is 12.8 Å². The van der Waals surface area contributed by atoms with Crippen LogP contribution in [0.25, 0.3) is 0 Å². The Balaban J connectivity index is 1.71. The van der Waals surface area contributed by atoms with Gasteiger partial charge >= 0.3 is 0 Å². The Kier molecular flexibility index (Phi) is 4.74. The van der Waals surface area contributed by atoms with Crippen molar-refractivity contribution in [3.05, 3.63) is 65.2 Å². The van der Waals surface area contributed by atoms with Gasteiger partial charge in [-0.1, -0.05) is 48.5 Å². The van der Waals surface area contributed by atoms with E-state index in [1.54, 1.807) is 0 Å². The molecule has 1 N–H and O–H groups in total. The van der Waals surface area contributed by atoms with Crippen LogP contribution in [0, 0.1) is 13.8 Å². The van der Waals surface area contributed by atoms with Crippen LogP contribution in [-0.4, -0.2) is 30.2 Å². The molecule has 1 saturated heterocycles. The molecule has 120 valence electrons. The molecule has 1 heterocycles. The third-order valence-corrected chi connectivity index (χ3v) is 4.23. The summed E-state index contributed by atoms with van der Waals surface area (Å²) in [7, 11) is 0. The van der Waals surface area contributed by atoms with E-state index < -0.39 is 0 Å². The van der Waals surface area contributed by atoms with Crippen molar-refractivity contribution in [3.8, 4) is 0 Å². The Hall–Kier alpha value is -2.17. The van der Waals surface area contributed by atoms with Crippen molar-refractivity contribution in [1.82, 2.24) is 4.90 Å². The lowest BCUT2D eigenvalue weighted by Crippen LogP contribution is -2.41. The minimum absolute atomic E-state index is 0.00386. The number of rotatable bonds is 4. The Labute approximate surface area is 137 Å². The number of nitrogens with zero attached hydrogens (tertiary/aromatic N) is 1. The zero-order chi connectivity index (χ0) is 16.2. The highest BCUT2D eigenvalue weighted by molar-refractivity contribution is 5.96. The van der Waals surface area contributed by atoms with Crippen LogP contribution in [0.5, 0.6) is 0 Å². The number of benzene rings is 2. The van der Waals surface area contributed by atoms with Crippen LogP contribution in [-0.2, 0) is 16.1 Å². The lowest BCUT2D eigenvalue weighted by molar-refractivity contribution is -0.120. The van der Waals surface area contributed by atoms with E-state index in [0.717, 1.165) is 16.8 Å². The molecule has 0 radical (unpaired) electrons. The second-order valence-electron chi connectivity index (χ2n) is 6.00. The third-order valence-electron chi connectivity index (χ3n) is 4.23.